The van der Waals surface area contributed by atoms with Gasteiger partial charge in [-0.3, -0.25) is 10.3 Å². The molecule has 6 nitrogen and oxygen atoms in total. The fourth-order valence-electron chi connectivity index (χ4n) is 2.05. The van der Waals surface area contributed by atoms with Crippen LogP contribution in [0.3, 0.4) is 0 Å². The van der Waals surface area contributed by atoms with Gasteiger partial charge in [-0.1, -0.05) is 17.7 Å². The van der Waals surface area contributed by atoms with E-state index in [0.717, 1.165) is 11.1 Å². The number of aliphatic hydroxyl groups excluding tert-OH is 1. The van der Waals surface area contributed by atoms with E-state index in [1.54, 1.807) is 19.1 Å². The van der Waals surface area contributed by atoms with E-state index in [-0.39, 0.29) is 24.5 Å². The highest BCUT2D eigenvalue weighted by atomic mass is 35.5. The number of halogens is 2. The first-order valence-electron chi connectivity index (χ1n) is 7.17. The van der Waals surface area contributed by atoms with Crippen molar-refractivity contribution < 1.29 is 19.5 Å². The van der Waals surface area contributed by atoms with E-state index in [2.05, 4.69) is 10.6 Å². The number of carbonyl (C=O) groups excluding carboxylic acids is 1. The van der Waals surface area contributed by atoms with Crippen LogP contribution in [0.25, 0.3) is 0 Å². The summed E-state index contributed by atoms with van der Waals surface area (Å²) in [7, 11) is 0. The Morgan fingerprint density at radius 1 is 1.25 bits per heavy atom. The maximum absolute atomic E-state index is 13.9. The zero-order valence-corrected chi connectivity index (χ0v) is 13.6. The van der Waals surface area contributed by atoms with Gasteiger partial charge in [0.1, 0.15) is 0 Å². The molecule has 0 atom stereocenters. The average molecular weight is 354 g/mol. The number of nitrogens with zero attached hydrogens (tertiary/aromatic N) is 1. The predicted molar refractivity (Wildman–Crippen MR) is 91.2 cm³/mol. The van der Waals surface area contributed by atoms with Crippen molar-refractivity contribution in [2.45, 2.75) is 13.5 Å². The molecule has 0 heterocycles. The molecule has 128 valence electrons. The minimum Gasteiger partial charge on any atom is -0.392 e. The highest BCUT2D eigenvalue weighted by Crippen LogP contribution is 2.23. The SMILES string of the molecule is CCN(O)c1ccc(NC(=O)Nc2cc(Cl)ccc2CO)cc1F. The number of benzene rings is 2. The molecule has 4 N–H and O–H groups in total. The molecule has 0 radical (unpaired) electrons. The lowest BCUT2D eigenvalue weighted by molar-refractivity contribution is 0.256. The van der Waals surface area contributed by atoms with Crippen molar-refractivity contribution in [3.63, 3.8) is 0 Å². The third kappa shape index (κ3) is 4.35. The Bertz CT molecular complexity index is 743. The second-order valence-corrected chi connectivity index (χ2v) is 5.36. The number of aliphatic hydroxyl groups is 1. The Morgan fingerprint density at radius 2 is 2.00 bits per heavy atom. The van der Waals surface area contributed by atoms with E-state index < -0.39 is 11.8 Å². The van der Waals surface area contributed by atoms with Crippen molar-refractivity contribution in [1.82, 2.24) is 0 Å². The van der Waals surface area contributed by atoms with Gasteiger partial charge in [-0.15, -0.1) is 0 Å². The van der Waals surface area contributed by atoms with Gasteiger partial charge in [-0.25, -0.2) is 9.18 Å². The summed E-state index contributed by atoms with van der Waals surface area (Å²) >= 11 is 5.87. The number of hydroxylamine groups is 1. The summed E-state index contributed by atoms with van der Waals surface area (Å²) in [6.45, 7) is 1.63. The van der Waals surface area contributed by atoms with Gasteiger partial charge in [-0.05, 0) is 37.3 Å². The van der Waals surface area contributed by atoms with Crippen LogP contribution >= 0.6 is 11.6 Å². The number of rotatable bonds is 5. The van der Waals surface area contributed by atoms with Crippen LogP contribution in [-0.2, 0) is 6.61 Å². The highest BCUT2D eigenvalue weighted by molar-refractivity contribution is 6.31. The Morgan fingerprint density at radius 3 is 2.62 bits per heavy atom. The zero-order chi connectivity index (χ0) is 17.7. The van der Waals surface area contributed by atoms with E-state index in [0.29, 0.717) is 16.3 Å². The maximum Gasteiger partial charge on any atom is 0.323 e. The Labute approximate surface area is 143 Å². The van der Waals surface area contributed by atoms with Crippen LogP contribution < -0.4 is 15.7 Å². The van der Waals surface area contributed by atoms with E-state index in [9.17, 15) is 19.5 Å². The van der Waals surface area contributed by atoms with Crippen molar-refractivity contribution >= 4 is 34.7 Å². The van der Waals surface area contributed by atoms with Gasteiger partial charge >= 0.3 is 6.03 Å². The summed E-state index contributed by atoms with van der Waals surface area (Å²) in [5, 5.41) is 25.0. The number of anilines is 3. The lowest BCUT2D eigenvalue weighted by Gasteiger charge is -2.16. The molecule has 0 aliphatic carbocycles. The molecule has 0 aliphatic rings. The first kappa shape index (κ1) is 18.0. The summed E-state index contributed by atoms with van der Waals surface area (Å²) in [6.07, 6.45) is 0. The van der Waals surface area contributed by atoms with E-state index in [1.165, 1.54) is 18.2 Å². The molecule has 8 heteroatoms. The predicted octanol–water partition coefficient (Wildman–Crippen LogP) is 3.83. The molecule has 2 aromatic rings. The summed E-state index contributed by atoms with van der Waals surface area (Å²) in [6, 6.07) is 7.98. The van der Waals surface area contributed by atoms with Crippen LogP contribution in [-0.4, -0.2) is 22.9 Å². The normalized spacial score (nSPS) is 10.4. The Kier molecular flexibility index (Phi) is 5.97. The summed E-state index contributed by atoms with van der Waals surface area (Å²) in [5.74, 6) is -0.670. The van der Waals surface area contributed by atoms with Crippen molar-refractivity contribution in [3.05, 3.63) is 52.8 Å². The van der Waals surface area contributed by atoms with Crippen LogP contribution in [0.5, 0.6) is 0 Å². The maximum atomic E-state index is 13.9. The van der Waals surface area contributed by atoms with Crippen LogP contribution in [0.1, 0.15) is 12.5 Å². The lowest BCUT2D eigenvalue weighted by Crippen LogP contribution is -2.21. The Hall–Kier alpha value is -2.35. The largest absolute Gasteiger partial charge is 0.392 e. The third-order valence-electron chi connectivity index (χ3n) is 3.27. The molecule has 0 saturated carbocycles. The van der Waals surface area contributed by atoms with Crippen molar-refractivity contribution in [1.29, 1.82) is 0 Å². The summed E-state index contributed by atoms with van der Waals surface area (Å²) in [5.41, 5.74) is 1.08. The molecule has 2 aromatic carbocycles. The van der Waals surface area contributed by atoms with Gasteiger partial charge in [0.15, 0.2) is 5.82 Å². The molecule has 0 aliphatic heterocycles. The molecule has 24 heavy (non-hydrogen) atoms. The molecule has 0 bridgehead atoms. The van der Waals surface area contributed by atoms with Gasteiger partial charge in [-0.2, -0.15) is 0 Å². The molecule has 0 aromatic heterocycles. The van der Waals surface area contributed by atoms with Gasteiger partial charge in [0.25, 0.3) is 0 Å². The number of nitrogens with one attached hydrogen (secondary N) is 2. The van der Waals surface area contributed by atoms with Crippen molar-refractivity contribution in [2.75, 3.05) is 22.2 Å². The highest BCUT2D eigenvalue weighted by Gasteiger charge is 2.11. The minimum atomic E-state index is -0.670. The van der Waals surface area contributed by atoms with E-state index in [1.807, 2.05) is 0 Å². The molecule has 2 amide bonds. The second kappa shape index (κ2) is 7.96. The van der Waals surface area contributed by atoms with Crippen LogP contribution in [0.2, 0.25) is 5.02 Å². The number of hydrogen-bond donors (Lipinski definition) is 4. The molecular formula is C16H17ClFN3O3. The number of hydrogen-bond acceptors (Lipinski definition) is 4. The first-order chi connectivity index (χ1) is 11.4. The fraction of sp³-hybridized carbons (Fsp3) is 0.188. The standard InChI is InChI=1S/C16H17ClFN3O3/c1-2-21(24)15-6-5-12(8-13(15)18)19-16(23)20-14-7-11(17)4-3-10(14)9-22/h3-8,22,24H,2,9H2,1H3,(H2,19,20,23). The molecule has 0 spiro atoms. The molecule has 0 fully saturated rings. The van der Waals surface area contributed by atoms with Crippen molar-refractivity contribution in [3.8, 4) is 0 Å². The molecular weight excluding hydrogens is 337 g/mol. The summed E-state index contributed by atoms with van der Waals surface area (Å²) < 4.78 is 13.9. The Balaban J connectivity index is 2.10. The van der Waals surface area contributed by atoms with E-state index >= 15 is 0 Å². The van der Waals surface area contributed by atoms with Gasteiger partial charge in [0.2, 0.25) is 0 Å². The minimum absolute atomic E-state index is 0.0147. The quantitative estimate of drug-likeness (QED) is 0.615. The first-order valence-corrected chi connectivity index (χ1v) is 7.55. The monoisotopic (exact) mass is 353 g/mol. The summed E-state index contributed by atoms with van der Waals surface area (Å²) in [4.78, 5) is 12.0. The van der Waals surface area contributed by atoms with E-state index in [4.69, 9.17) is 11.6 Å². The number of amides is 2. The number of carbonyl (C=O) groups is 1. The lowest BCUT2D eigenvalue weighted by atomic mass is 10.2. The fourth-order valence-corrected chi connectivity index (χ4v) is 2.22. The van der Waals surface area contributed by atoms with Crippen molar-refractivity contribution in [2.24, 2.45) is 0 Å². The third-order valence-corrected chi connectivity index (χ3v) is 3.51. The van der Waals surface area contributed by atoms with Gasteiger partial charge in [0, 0.05) is 28.5 Å². The molecule has 0 saturated heterocycles. The van der Waals surface area contributed by atoms with Gasteiger partial charge < -0.3 is 15.7 Å². The molecule has 0 unspecified atom stereocenters. The number of urea groups is 1. The average Bonchev–Trinajstić information content (AvgIpc) is 2.54. The second-order valence-electron chi connectivity index (χ2n) is 4.92. The van der Waals surface area contributed by atoms with Crippen LogP contribution in [0, 0.1) is 5.82 Å². The van der Waals surface area contributed by atoms with Crippen LogP contribution in [0.4, 0.5) is 26.2 Å². The smallest absolute Gasteiger partial charge is 0.323 e. The van der Waals surface area contributed by atoms with Gasteiger partial charge in [0.05, 0.1) is 12.3 Å². The zero-order valence-electron chi connectivity index (χ0n) is 12.9. The van der Waals surface area contributed by atoms with Crippen LogP contribution in [0.15, 0.2) is 36.4 Å². The topological polar surface area (TPSA) is 84.8 Å². The molecule has 2 rings (SSSR count).